The van der Waals surface area contributed by atoms with Gasteiger partial charge in [0, 0.05) is 0 Å². The number of carbonyl (C=O) groups is 1. The maximum absolute atomic E-state index is 10.8. The second-order valence-corrected chi connectivity index (χ2v) is 4.57. The highest BCUT2D eigenvalue weighted by Gasteiger charge is 2.23. The average molecular weight is 287 g/mol. The Labute approximate surface area is 101 Å². The van der Waals surface area contributed by atoms with Gasteiger partial charge in [0.05, 0.1) is 10.4 Å². The Kier molecular flexibility index (Phi) is 3.05. The first-order valence-electron chi connectivity index (χ1n) is 4.89. The molecule has 1 heterocycles. The molecule has 1 aromatic carbocycles. The third-order valence-electron chi connectivity index (χ3n) is 2.50. The van der Waals surface area contributed by atoms with Crippen LogP contribution in [0.2, 0.25) is 0 Å². The van der Waals surface area contributed by atoms with Gasteiger partial charge >= 0.3 is 5.97 Å². The fourth-order valence-corrected chi connectivity index (χ4v) is 2.02. The Hall–Kier alpha value is -1.23. The second-order valence-electron chi connectivity index (χ2n) is 3.71. The maximum Gasteiger partial charge on any atom is 0.306 e. The Morgan fingerprint density at radius 2 is 2.19 bits per heavy atom. The highest BCUT2D eigenvalue weighted by Crippen LogP contribution is 2.42. The molecule has 1 aliphatic heterocycles. The van der Waals surface area contributed by atoms with E-state index in [9.17, 15) is 4.79 Å². The van der Waals surface area contributed by atoms with Crippen LogP contribution in [0.15, 0.2) is 16.6 Å². The third-order valence-corrected chi connectivity index (χ3v) is 3.12. The molecule has 86 valence electrons. The maximum atomic E-state index is 10.8. The Balaban J connectivity index is 2.29. The summed E-state index contributed by atoms with van der Waals surface area (Å²) in [6.45, 7) is 1.86. The van der Waals surface area contributed by atoms with Gasteiger partial charge in [-0.25, -0.2) is 0 Å². The predicted molar refractivity (Wildman–Crippen MR) is 60.8 cm³/mol. The summed E-state index contributed by atoms with van der Waals surface area (Å²) in [4.78, 5) is 10.8. The molecule has 0 fully saturated rings. The Bertz CT molecular complexity index is 430. The van der Waals surface area contributed by atoms with Crippen molar-refractivity contribution in [1.29, 1.82) is 0 Å². The number of carboxylic acid groups (broad SMARTS) is 1. The van der Waals surface area contributed by atoms with Crippen molar-refractivity contribution >= 4 is 21.9 Å². The fourth-order valence-electron chi connectivity index (χ4n) is 1.60. The normalized spacial score (nSPS) is 14.9. The van der Waals surface area contributed by atoms with E-state index in [1.54, 1.807) is 6.92 Å². The standard InChI is InChI=1S/C11H11BrO4/c1-6(11(13)14)4-7-2-3-8(12)10-9(7)15-5-16-10/h2-3,6H,4-5H2,1H3,(H,13,14). The molecule has 1 aromatic rings. The molecule has 0 radical (unpaired) electrons. The first kappa shape index (κ1) is 11.3. The lowest BCUT2D eigenvalue weighted by atomic mass is 10.0. The molecule has 0 bridgehead atoms. The van der Waals surface area contributed by atoms with Crippen LogP contribution in [-0.2, 0) is 11.2 Å². The number of rotatable bonds is 3. The van der Waals surface area contributed by atoms with Crippen molar-refractivity contribution in [3.63, 3.8) is 0 Å². The number of aliphatic carboxylic acids is 1. The van der Waals surface area contributed by atoms with E-state index in [2.05, 4.69) is 15.9 Å². The fraction of sp³-hybridized carbons (Fsp3) is 0.364. The van der Waals surface area contributed by atoms with Crippen molar-refractivity contribution in [3.8, 4) is 11.5 Å². The van der Waals surface area contributed by atoms with Crippen LogP contribution in [0.3, 0.4) is 0 Å². The molecule has 0 saturated heterocycles. The van der Waals surface area contributed by atoms with E-state index in [1.165, 1.54) is 0 Å². The van der Waals surface area contributed by atoms with Crippen molar-refractivity contribution in [2.24, 2.45) is 5.92 Å². The zero-order chi connectivity index (χ0) is 11.7. The monoisotopic (exact) mass is 286 g/mol. The van der Waals surface area contributed by atoms with Gasteiger partial charge in [-0.2, -0.15) is 0 Å². The summed E-state index contributed by atoms with van der Waals surface area (Å²) in [5, 5.41) is 8.87. The molecule has 0 saturated carbocycles. The number of carboxylic acids is 1. The molecule has 0 aromatic heterocycles. The second kappa shape index (κ2) is 4.33. The molecule has 1 N–H and O–H groups in total. The molecule has 5 heteroatoms. The Morgan fingerprint density at radius 1 is 1.50 bits per heavy atom. The lowest BCUT2D eigenvalue weighted by Crippen LogP contribution is -2.12. The SMILES string of the molecule is CC(Cc1ccc(Br)c2c1OCO2)C(=O)O. The van der Waals surface area contributed by atoms with Crippen LogP contribution in [0, 0.1) is 5.92 Å². The van der Waals surface area contributed by atoms with Crippen LogP contribution in [0.5, 0.6) is 11.5 Å². The van der Waals surface area contributed by atoms with Crippen molar-refractivity contribution < 1.29 is 19.4 Å². The van der Waals surface area contributed by atoms with E-state index in [0.29, 0.717) is 17.9 Å². The lowest BCUT2D eigenvalue weighted by molar-refractivity contribution is -0.141. The molecule has 4 nitrogen and oxygen atoms in total. The van der Waals surface area contributed by atoms with E-state index in [1.807, 2.05) is 12.1 Å². The number of hydrogen-bond donors (Lipinski definition) is 1. The summed E-state index contributed by atoms with van der Waals surface area (Å²) in [6, 6.07) is 3.70. The molecule has 2 rings (SSSR count). The largest absolute Gasteiger partial charge is 0.481 e. The molecule has 1 aliphatic rings. The van der Waals surface area contributed by atoms with Gasteiger partial charge in [-0.3, -0.25) is 4.79 Å². The number of hydrogen-bond acceptors (Lipinski definition) is 3. The van der Waals surface area contributed by atoms with Crippen LogP contribution >= 0.6 is 15.9 Å². The summed E-state index contributed by atoms with van der Waals surface area (Å²) >= 11 is 3.36. The van der Waals surface area contributed by atoms with Crippen LogP contribution in [0.1, 0.15) is 12.5 Å². The van der Waals surface area contributed by atoms with E-state index in [-0.39, 0.29) is 6.79 Å². The smallest absolute Gasteiger partial charge is 0.306 e. The summed E-state index contributed by atoms with van der Waals surface area (Å²) in [5.74, 6) is 0.0719. The van der Waals surface area contributed by atoms with Crippen molar-refractivity contribution in [1.82, 2.24) is 0 Å². The first-order chi connectivity index (χ1) is 7.59. The van der Waals surface area contributed by atoms with Gasteiger partial charge in [0.15, 0.2) is 11.5 Å². The van der Waals surface area contributed by atoms with Gasteiger partial charge in [0.25, 0.3) is 0 Å². The number of fused-ring (bicyclic) bond motifs is 1. The van der Waals surface area contributed by atoms with Gasteiger partial charge in [-0.1, -0.05) is 13.0 Å². The molecular weight excluding hydrogens is 276 g/mol. The number of benzene rings is 1. The molecule has 0 spiro atoms. The minimum atomic E-state index is -0.810. The van der Waals surface area contributed by atoms with Crippen molar-refractivity contribution in [2.45, 2.75) is 13.3 Å². The van der Waals surface area contributed by atoms with Crippen LogP contribution in [-0.4, -0.2) is 17.9 Å². The van der Waals surface area contributed by atoms with Crippen molar-refractivity contribution in [3.05, 3.63) is 22.2 Å². The molecule has 16 heavy (non-hydrogen) atoms. The zero-order valence-electron chi connectivity index (χ0n) is 8.70. The van der Waals surface area contributed by atoms with Crippen LogP contribution in [0.25, 0.3) is 0 Å². The van der Waals surface area contributed by atoms with Gasteiger partial charge in [-0.15, -0.1) is 0 Å². The van der Waals surface area contributed by atoms with E-state index in [0.717, 1.165) is 10.0 Å². The predicted octanol–water partition coefficient (Wildman–Crippen LogP) is 2.44. The van der Waals surface area contributed by atoms with Crippen LogP contribution < -0.4 is 9.47 Å². The summed E-state index contributed by atoms with van der Waals surface area (Å²) in [5.41, 5.74) is 0.866. The highest BCUT2D eigenvalue weighted by atomic mass is 79.9. The zero-order valence-corrected chi connectivity index (χ0v) is 10.3. The van der Waals surface area contributed by atoms with Crippen LogP contribution in [0.4, 0.5) is 0 Å². The average Bonchev–Trinajstić information content (AvgIpc) is 2.71. The van der Waals surface area contributed by atoms with E-state index in [4.69, 9.17) is 14.6 Å². The molecule has 1 unspecified atom stereocenters. The quantitative estimate of drug-likeness (QED) is 0.927. The van der Waals surface area contributed by atoms with Gasteiger partial charge in [0.1, 0.15) is 0 Å². The summed E-state index contributed by atoms with van der Waals surface area (Å²) in [7, 11) is 0. The van der Waals surface area contributed by atoms with Crippen molar-refractivity contribution in [2.75, 3.05) is 6.79 Å². The van der Waals surface area contributed by atoms with E-state index < -0.39 is 11.9 Å². The molecular formula is C11H11BrO4. The minimum absolute atomic E-state index is 0.187. The molecule has 0 aliphatic carbocycles. The van der Waals surface area contributed by atoms with E-state index >= 15 is 0 Å². The Morgan fingerprint density at radius 3 is 2.88 bits per heavy atom. The lowest BCUT2D eigenvalue weighted by Gasteiger charge is -2.09. The van der Waals surface area contributed by atoms with Gasteiger partial charge in [-0.05, 0) is 34.0 Å². The van der Waals surface area contributed by atoms with Gasteiger partial charge in [0.2, 0.25) is 6.79 Å². The summed E-state index contributed by atoms with van der Waals surface area (Å²) in [6.07, 6.45) is 0.439. The minimum Gasteiger partial charge on any atom is -0.481 e. The molecule has 0 amide bonds. The molecule has 1 atom stereocenters. The summed E-state index contributed by atoms with van der Waals surface area (Å²) < 4.78 is 11.5. The third kappa shape index (κ3) is 2.00. The highest BCUT2D eigenvalue weighted by molar-refractivity contribution is 9.10. The number of halogens is 1. The van der Waals surface area contributed by atoms with Gasteiger partial charge < -0.3 is 14.6 Å². The number of ether oxygens (including phenoxy) is 2. The first-order valence-corrected chi connectivity index (χ1v) is 5.68. The topological polar surface area (TPSA) is 55.8 Å².